The summed E-state index contributed by atoms with van der Waals surface area (Å²) in [6.07, 6.45) is 0. The third kappa shape index (κ3) is 4.03. The Labute approximate surface area is 272 Å². The third-order valence-electron chi connectivity index (χ3n) is 9.80. The smallest absolute Gasteiger partial charge is 0.143 e. The second-order valence-electron chi connectivity index (χ2n) is 12.5. The molecule has 10 rings (SSSR count). The van der Waals surface area contributed by atoms with E-state index in [9.17, 15) is 0 Å². The van der Waals surface area contributed by atoms with Gasteiger partial charge in [0.15, 0.2) is 0 Å². The second kappa shape index (κ2) is 10.2. The molecule has 1 heteroatoms. The minimum absolute atomic E-state index is 0.895. The second-order valence-corrected chi connectivity index (χ2v) is 12.5. The van der Waals surface area contributed by atoms with Crippen molar-refractivity contribution in [3.05, 3.63) is 170 Å². The van der Waals surface area contributed by atoms with E-state index >= 15 is 0 Å². The van der Waals surface area contributed by atoms with Gasteiger partial charge in [0.25, 0.3) is 0 Å². The standard InChI is InChI=1S/C46H28O/c1-2-11-29(12-3-1)33-25-34(38-23-22-31-15-10-19-40-39-18-8-9-20-43(39)47-46(38)45(31)40)27-35(26-33)44-37-17-7-5-14-32(37)28-42-36-16-6-4-13-30(36)21-24-41(42)44/h1-28H. The summed E-state index contributed by atoms with van der Waals surface area (Å²) in [6.45, 7) is 0. The molecule has 0 saturated heterocycles. The van der Waals surface area contributed by atoms with E-state index in [1.165, 1.54) is 65.5 Å². The highest BCUT2D eigenvalue weighted by atomic mass is 16.5. The van der Waals surface area contributed by atoms with Gasteiger partial charge in [0, 0.05) is 16.5 Å². The molecule has 9 aromatic carbocycles. The van der Waals surface area contributed by atoms with Crippen LogP contribution in [0, 0.1) is 0 Å². The molecule has 0 fully saturated rings. The van der Waals surface area contributed by atoms with E-state index in [1.54, 1.807) is 0 Å². The van der Waals surface area contributed by atoms with Gasteiger partial charge >= 0.3 is 0 Å². The molecule has 1 nitrogen and oxygen atoms in total. The van der Waals surface area contributed by atoms with Crippen molar-refractivity contribution in [2.75, 3.05) is 0 Å². The highest BCUT2D eigenvalue weighted by molar-refractivity contribution is 6.20. The van der Waals surface area contributed by atoms with Gasteiger partial charge in [0.05, 0.1) is 0 Å². The van der Waals surface area contributed by atoms with Crippen LogP contribution in [0.4, 0.5) is 0 Å². The summed E-state index contributed by atoms with van der Waals surface area (Å²) in [5, 5.41) is 9.89. The number of para-hydroxylation sites is 1. The average molecular weight is 597 g/mol. The van der Waals surface area contributed by atoms with Crippen molar-refractivity contribution in [1.29, 1.82) is 0 Å². The highest BCUT2D eigenvalue weighted by Crippen LogP contribution is 2.51. The normalized spacial score (nSPS) is 12.0. The van der Waals surface area contributed by atoms with Crippen LogP contribution in [0.2, 0.25) is 0 Å². The zero-order valence-corrected chi connectivity index (χ0v) is 25.6. The minimum atomic E-state index is 0.895. The van der Waals surface area contributed by atoms with E-state index in [0.29, 0.717) is 0 Å². The predicted octanol–water partition coefficient (Wildman–Crippen LogP) is 13.1. The van der Waals surface area contributed by atoms with E-state index in [2.05, 4.69) is 170 Å². The van der Waals surface area contributed by atoms with E-state index in [1.807, 2.05) is 0 Å². The lowest BCUT2D eigenvalue weighted by atomic mass is 9.86. The van der Waals surface area contributed by atoms with E-state index < -0.39 is 0 Å². The quantitative estimate of drug-likeness (QED) is 0.146. The molecule has 0 amide bonds. The molecule has 0 saturated carbocycles. The molecule has 0 aromatic heterocycles. The van der Waals surface area contributed by atoms with Gasteiger partial charge < -0.3 is 4.74 Å². The van der Waals surface area contributed by atoms with Gasteiger partial charge in [-0.25, -0.2) is 0 Å². The summed E-state index contributed by atoms with van der Waals surface area (Å²) in [5.74, 6) is 1.81. The highest BCUT2D eigenvalue weighted by Gasteiger charge is 2.24. The van der Waals surface area contributed by atoms with Gasteiger partial charge in [-0.05, 0) is 107 Å². The van der Waals surface area contributed by atoms with Gasteiger partial charge in [0.2, 0.25) is 0 Å². The zero-order chi connectivity index (χ0) is 30.9. The molecule has 0 aliphatic carbocycles. The monoisotopic (exact) mass is 596 g/mol. The van der Waals surface area contributed by atoms with Gasteiger partial charge in [-0.2, -0.15) is 0 Å². The SMILES string of the molecule is c1ccc(-c2cc(-c3ccc4cccc5c4c3Oc3ccccc3-5)cc(-c3c4ccccc4cc4c3ccc3ccccc34)c2)cc1. The van der Waals surface area contributed by atoms with Crippen molar-refractivity contribution < 1.29 is 4.74 Å². The van der Waals surface area contributed by atoms with Crippen molar-refractivity contribution in [2.24, 2.45) is 0 Å². The van der Waals surface area contributed by atoms with E-state index in [-0.39, 0.29) is 0 Å². The Morgan fingerprint density at radius 3 is 1.91 bits per heavy atom. The molecule has 0 bridgehead atoms. The fourth-order valence-corrected chi connectivity index (χ4v) is 7.65. The minimum Gasteiger partial charge on any atom is -0.455 e. The predicted molar refractivity (Wildman–Crippen MR) is 198 cm³/mol. The first-order chi connectivity index (χ1) is 23.3. The van der Waals surface area contributed by atoms with Crippen LogP contribution in [0.25, 0.3) is 87.6 Å². The number of rotatable bonds is 3. The van der Waals surface area contributed by atoms with Crippen LogP contribution >= 0.6 is 0 Å². The molecule has 218 valence electrons. The Hall–Kier alpha value is -6.18. The lowest BCUT2D eigenvalue weighted by molar-refractivity contribution is 0.489. The lowest BCUT2D eigenvalue weighted by Gasteiger charge is -2.24. The van der Waals surface area contributed by atoms with Crippen LogP contribution in [-0.4, -0.2) is 0 Å². The number of ether oxygens (including phenoxy) is 1. The number of hydrogen-bond donors (Lipinski definition) is 0. The maximum atomic E-state index is 6.81. The fourth-order valence-electron chi connectivity index (χ4n) is 7.65. The zero-order valence-electron chi connectivity index (χ0n) is 25.6. The summed E-state index contributed by atoms with van der Waals surface area (Å²) in [5.41, 5.74) is 9.38. The summed E-state index contributed by atoms with van der Waals surface area (Å²) >= 11 is 0. The van der Waals surface area contributed by atoms with Crippen molar-refractivity contribution >= 4 is 43.1 Å². The van der Waals surface area contributed by atoms with Crippen molar-refractivity contribution in [3.8, 4) is 56.0 Å². The Bertz CT molecular complexity index is 2700. The van der Waals surface area contributed by atoms with Gasteiger partial charge in [-0.3, -0.25) is 0 Å². The molecule has 1 aliphatic rings. The molecule has 0 unspecified atom stereocenters. The molecule has 47 heavy (non-hydrogen) atoms. The van der Waals surface area contributed by atoms with Crippen molar-refractivity contribution in [2.45, 2.75) is 0 Å². The summed E-state index contributed by atoms with van der Waals surface area (Å²) in [4.78, 5) is 0. The third-order valence-corrected chi connectivity index (χ3v) is 9.80. The summed E-state index contributed by atoms with van der Waals surface area (Å²) in [7, 11) is 0. The Kier molecular flexibility index (Phi) is 5.64. The number of fused-ring (bicyclic) bond motifs is 6. The van der Waals surface area contributed by atoms with Crippen molar-refractivity contribution in [3.63, 3.8) is 0 Å². The Balaban J connectivity index is 1.31. The number of benzene rings is 9. The Morgan fingerprint density at radius 2 is 1.00 bits per heavy atom. The van der Waals surface area contributed by atoms with Crippen LogP contribution in [0.3, 0.4) is 0 Å². The summed E-state index contributed by atoms with van der Waals surface area (Å²) < 4.78 is 6.81. The topological polar surface area (TPSA) is 9.23 Å². The van der Waals surface area contributed by atoms with Crippen LogP contribution in [0.5, 0.6) is 11.5 Å². The molecule has 0 spiro atoms. The lowest BCUT2D eigenvalue weighted by Crippen LogP contribution is -1.99. The molecule has 1 heterocycles. The van der Waals surface area contributed by atoms with Crippen LogP contribution in [-0.2, 0) is 0 Å². The molecular weight excluding hydrogens is 569 g/mol. The first kappa shape index (κ1) is 26.1. The maximum absolute atomic E-state index is 6.81. The molecule has 1 aliphatic heterocycles. The van der Waals surface area contributed by atoms with Crippen molar-refractivity contribution in [1.82, 2.24) is 0 Å². The van der Waals surface area contributed by atoms with Crippen LogP contribution < -0.4 is 4.74 Å². The van der Waals surface area contributed by atoms with Gasteiger partial charge in [0.1, 0.15) is 11.5 Å². The fraction of sp³-hybridized carbons (Fsp3) is 0. The first-order valence-corrected chi connectivity index (χ1v) is 16.2. The first-order valence-electron chi connectivity index (χ1n) is 16.2. The number of hydrogen-bond acceptors (Lipinski definition) is 1. The van der Waals surface area contributed by atoms with Gasteiger partial charge in [-0.1, -0.05) is 133 Å². The van der Waals surface area contributed by atoms with Crippen LogP contribution in [0.1, 0.15) is 0 Å². The maximum Gasteiger partial charge on any atom is 0.143 e. The molecule has 0 N–H and O–H groups in total. The van der Waals surface area contributed by atoms with E-state index in [0.717, 1.165) is 33.6 Å². The molecule has 0 atom stereocenters. The Morgan fingerprint density at radius 1 is 0.319 bits per heavy atom. The van der Waals surface area contributed by atoms with Crippen LogP contribution in [0.15, 0.2) is 170 Å². The molecule has 0 radical (unpaired) electrons. The van der Waals surface area contributed by atoms with E-state index in [4.69, 9.17) is 4.74 Å². The van der Waals surface area contributed by atoms with Gasteiger partial charge in [-0.15, -0.1) is 0 Å². The molecular formula is C46H28O. The summed E-state index contributed by atoms with van der Waals surface area (Å²) in [6, 6.07) is 61.6. The average Bonchev–Trinajstić information content (AvgIpc) is 3.14. The largest absolute Gasteiger partial charge is 0.455 e. The molecule has 9 aromatic rings.